The van der Waals surface area contributed by atoms with Crippen LogP contribution in [0.1, 0.15) is 67.2 Å². The van der Waals surface area contributed by atoms with E-state index in [-0.39, 0.29) is 18.1 Å². The van der Waals surface area contributed by atoms with Crippen LogP contribution in [0.5, 0.6) is 0 Å². The number of carbonyl (C=O) groups is 2. The number of hydrogen-bond donors (Lipinski definition) is 1. The van der Waals surface area contributed by atoms with Gasteiger partial charge in [-0.2, -0.15) is 13.2 Å². The molecule has 1 amide bonds. The third-order valence-corrected chi connectivity index (χ3v) is 6.10. The summed E-state index contributed by atoms with van der Waals surface area (Å²) in [7, 11) is 0. The molecule has 7 nitrogen and oxygen atoms in total. The Morgan fingerprint density at radius 3 is 2.29 bits per heavy atom. The number of fused-ring (bicyclic) bond motifs is 1. The average Bonchev–Trinajstić information content (AvgIpc) is 2.92. The summed E-state index contributed by atoms with van der Waals surface area (Å²) in [4.78, 5) is 38.8. The van der Waals surface area contributed by atoms with Gasteiger partial charge < -0.3 is 10.1 Å². The van der Waals surface area contributed by atoms with Crippen LogP contribution in [0.25, 0.3) is 22.4 Å². The van der Waals surface area contributed by atoms with Gasteiger partial charge in [-0.25, -0.2) is 15.0 Å². The van der Waals surface area contributed by atoms with Crippen molar-refractivity contribution in [3.05, 3.63) is 89.2 Å². The molecule has 4 aromatic rings. The summed E-state index contributed by atoms with van der Waals surface area (Å²) >= 11 is 0. The molecule has 0 aliphatic heterocycles. The van der Waals surface area contributed by atoms with E-state index in [0.717, 1.165) is 23.4 Å². The largest absolute Gasteiger partial charge is 0.460 e. The van der Waals surface area contributed by atoms with Gasteiger partial charge in [-0.3, -0.25) is 9.59 Å². The summed E-state index contributed by atoms with van der Waals surface area (Å²) in [6, 6.07) is 15.8. The molecule has 41 heavy (non-hydrogen) atoms. The predicted molar refractivity (Wildman–Crippen MR) is 149 cm³/mol. The van der Waals surface area contributed by atoms with Crippen molar-refractivity contribution in [1.29, 1.82) is 0 Å². The van der Waals surface area contributed by atoms with Crippen LogP contribution >= 0.6 is 0 Å². The van der Waals surface area contributed by atoms with Crippen LogP contribution in [-0.2, 0) is 28.7 Å². The number of aryl methyl sites for hydroxylation is 1. The second kappa shape index (κ2) is 12.4. The van der Waals surface area contributed by atoms with Crippen molar-refractivity contribution >= 4 is 23.0 Å². The van der Waals surface area contributed by atoms with E-state index < -0.39 is 23.2 Å². The van der Waals surface area contributed by atoms with Gasteiger partial charge in [0.05, 0.1) is 22.5 Å². The van der Waals surface area contributed by atoms with E-state index in [1.54, 1.807) is 6.07 Å². The maximum atomic E-state index is 12.8. The molecule has 1 N–H and O–H groups in total. The molecule has 0 aliphatic rings. The van der Waals surface area contributed by atoms with E-state index in [1.807, 2.05) is 51.1 Å². The van der Waals surface area contributed by atoms with Crippen LogP contribution in [0, 0.1) is 0 Å². The molecule has 2 aromatic carbocycles. The van der Waals surface area contributed by atoms with E-state index in [9.17, 15) is 22.8 Å². The fraction of sp³-hybridized carbons (Fsp3) is 0.323. The summed E-state index contributed by atoms with van der Waals surface area (Å²) in [5.41, 5.74) is 2.59. The van der Waals surface area contributed by atoms with Crippen molar-refractivity contribution in [2.24, 2.45) is 0 Å². The van der Waals surface area contributed by atoms with Gasteiger partial charge in [0.15, 0.2) is 5.65 Å². The summed E-state index contributed by atoms with van der Waals surface area (Å²) in [6.45, 7) is 5.55. The molecule has 2 heterocycles. The van der Waals surface area contributed by atoms with E-state index in [4.69, 9.17) is 14.7 Å². The average molecular weight is 565 g/mol. The first kappa shape index (κ1) is 29.6. The van der Waals surface area contributed by atoms with Gasteiger partial charge in [0.25, 0.3) is 5.91 Å². The lowest BCUT2D eigenvalue weighted by molar-refractivity contribution is -0.155. The normalized spacial score (nSPS) is 11.9. The van der Waals surface area contributed by atoms with E-state index in [2.05, 4.69) is 10.3 Å². The van der Waals surface area contributed by atoms with Crippen LogP contribution in [0.4, 0.5) is 13.2 Å². The van der Waals surface area contributed by atoms with Gasteiger partial charge in [-0.15, -0.1) is 0 Å². The molecule has 0 radical (unpaired) electrons. The lowest BCUT2D eigenvalue weighted by Crippen LogP contribution is -2.23. The van der Waals surface area contributed by atoms with Gasteiger partial charge in [-0.1, -0.05) is 42.5 Å². The fourth-order valence-electron chi connectivity index (χ4n) is 4.16. The number of unbranched alkanes of at least 4 members (excludes halogenated alkanes) is 1. The van der Waals surface area contributed by atoms with E-state index in [1.165, 1.54) is 18.3 Å². The molecular formula is C31H31F3N4O3. The number of aromatic nitrogens is 3. The minimum atomic E-state index is -4.42. The number of rotatable bonds is 9. The molecule has 2 aromatic heterocycles. The van der Waals surface area contributed by atoms with Gasteiger partial charge >= 0.3 is 12.1 Å². The number of halogens is 3. The first-order valence-corrected chi connectivity index (χ1v) is 13.3. The number of carbonyl (C=O) groups excluding carboxylic acids is 2. The SMILES string of the molecule is CC(C)(C)OC(=O)CCCCc1nc2cc(C(=O)NCc3ccc(C(F)(F)F)cc3)cnc2nc1-c1ccccc1. The zero-order chi connectivity index (χ0) is 29.6. The summed E-state index contributed by atoms with van der Waals surface area (Å²) < 4.78 is 43.8. The number of pyridine rings is 1. The van der Waals surface area contributed by atoms with Crippen LogP contribution < -0.4 is 5.32 Å². The molecule has 0 saturated heterocycles. The maximum absolute atomic E-state index is 12.8. The Labute approximate surface area is 236 Å². The Kier molecular flexibility index (Phi) is 9.00. The topological polar surface area (TPSA) is 94.1 Å². The minimum Gasteiger partial charge on any atom is -0.460 e. The molecule has 0 unspecified atom stereocenters. The van der Waals surface area contributed by atoms with Crippen LogP contribution in [0.3, 0.4) is 0 Å². The van der Waals surface area contributed by atoms with Crippen molar-refractivity contribution in [1.82, 2.24) is 20.3 Å². The predicted octanol–water partition coefficient (Wildman–Crippen LogP) is 6.70. The maximum Gasteiger partial charge on any atom is 0.416 e. The Balaban J connectivity index is 1.50. The Morgan fingerprint density at radius 1 is 0.927 bits per heavy atom. The van der Waals surface area contributed by atoms with Crippen molar-refractivity contribution < 1.29 is 27.5 Å². The number of hydrogen-bond acceptors (Lipinski definition) is 6. The molecule has 0 saturated carbocycles. The van der Waals surface area contributed by atoms with Gasteiger partial charge in [-0.05, 0) is 63.8 Å². The highest BCUT2D eigenvalue weighted by atomic mass is 19.4. The summed E-state index contributed by atoms with van der Waals surface area (Å²) in [6.07, 6.45) is -0.872. The van der Waals surface area contributed by atoms with Crippen LogP contribution in [0.15, 0.2) is 66.9 Å². The highest BCUT2D eigenvalue weighted by Crippen LogP contribution is 2.29. The summed E-state index contributed by atoms with van der Waals surface area (Å²) in [5.74, 6) is -0.686. The fourth-order valence-corrected chi connectivity index (χ4v) is 4.16. The lowest BCUT2D eigenvalue weighted by atomic mass is 10.0. The summed E-state index contributed by atoms with van der Waals surface area (Å²) in [5, 5.41) is 2.71. The van der Waals surface area contributed by atoms with Gasteiger partial charge in [0.1, 0.15) is 11.1 Å². The molecule has 4 rings (SSSR count). The smallest absolute Gasteiger partial charge is 0.416 e. The van der Waals surface area contributed by atoms with Crippen molar-refractivity contribution in [3.63, 3.8) is 0 Å². The zero-order valence-corrected chi connectivity index (χ0v) is 23.1. The van der Waals surface area contributed by atoms with Gasteiger partial charge in [0, 0.05) is 24.7 Å². The Morgan fingerprint density at radius 2 is 1.63 bits per heavy atom. The lowest BCUT2D eigenvalue weighted by Gasteiger charge is -2.19. The standard InChI is InChI=1S/C31H31F3N4O3/c1-30(2,3)41-26(39)12-8-7-11-24-27(21-9-5-4-6-10-21)38-28-25(37-24)17-22(19-35-28)29(40)36-18-20-13-15-23(16-14-20)31(32,33)34/h4-6,9-10,13-17,19H,7-8,11-12,18H2,1-3H3,(H,36,40). The number of benzene rings is 2. The number of amides is 1. The monoisotopic (exact) mass is 564 g/mol. The second-order valence-corrected chi connectivity index (χ2v) is 10.6. The highest BCUT2D eigenvalue weighted by molar-refractivity contribution is 5.96. The molecule has 0 atom stereocenters. The minimum absolute atomic E-state index is 0.0521. The Hall–Kier alpha value is -4.34. The third kappa shape index (κ3) is 8.33. The van der Waals surface area contributed by atoms with Crippen molar-refractivity contribution in [3.8, 4) is 11.3 Å². The van der Waals surface area contributed by atoms with E-state index >= 15 is 0 Å². The Bertz CT molecular complexity index is 1520. The molecule has 0 bridgehead atoms. The first-order chi connectivity index (χ1) is 19.4. The quantitative estimate of drug-likeness (QED) is 0.180. The first-order valence-electron chi connectivity index (χ1n) is 13.3. The van der Waals surface area contributed by atoms with Crippen LogP contribution in [-0.4, -0.2) is 32.4 Å². The molecular weight excluding hydrogens is 533 g/mol. The number of alkyl halides is 3. The molecule has 0 aliphatic carbocycles. The van der Waals surface area contributed by atoms with Gasteiger partial charge in [0.2, 0.25) is 0 Å². The van der Waals surface area contributed by atoms with Crippen molar-refractivity contribution in [2.45, 2.75) is 64.8 Å². The number of esters is 1. The highest BCUT2D eigenvalue weighted by Gasteiger charge is 2.30. The molecule has 10 heteroatoms. The zero-order valence-electron chi connectivity index (χ0n) is 23.1. The molecule has 214 valence electrons. The number of nitrogens with zero attached hydrogens (tertiary/aromatic N) is 3. The third-order valence-electron chi connectivity index (χ3n) is 6.10. The molecule has 0 fully saturated rings. The van der Waals surface area contributed by atoms with E-state index in [0.29, 0.717) is 48.1 Å². The molecule has 0 spiro atoms. The second-order valence-electron chi connectivity index (χ2n) is 10.6. The van der Waals surface area contributed by atoms with Crippen molar-refractivity contribution in [2.75, 3.05) is 0 Å². The number of ether oxygens (including phenoxy) is 1. The van der Waals surface area contributed by atoms with Crippen LogP contribution in [0.2, 0.25) is 0 Å². The number of nitrogens with one attached hydrogen (secondary N) is 1.